The minimum Gasteiger partial charge on any atom is -0.492 e. The predicted octanol–water partition coefficient (Wildman–Crippen LogP) is 5.34. The van der Waals surface area contributed by atoms with Gasteiger partial charge in [-0.25, -0.2) is 0 Å². The van der Waals surface area contributed by atoms with Crippen LogP contribution in [0.1, 0.15) is 39.8 Å². The maximum atomic E-state index is 11.6. The molecule has 2 heterocycles. The lowest BCUT2D eigenvalue weighted by Crippen LogP contribution is -2.25. The molecule has 4 aromatic rings. The van der Waals surface area contributed by atoms with Crippen molar-refractivity contribution < 1.29 is 9.84 Å². The van der Waals surface area contributed by atoms with Gasteiger partial charge >= 0.3 is 0 Å². The van der Waals surface area contributed by atoms with Crippen LogP contribution >= 0.6 is 0 Å². The van der Waals surface area contributed by atoms with Gasteiger partial charge in [-0.05, 0) is 40.5 Å². The Bertz CT molecular complexity index is 1130. The zero-order valence-corrected chi connectivity index (χ0v) is 18.5. The minimum absolute atomic E-state index is 0.149. The summed E-state index contributed by atoms with van der Waals surface area (Å²) in [5, 5.41) is 11.6. The standard InChI is InChI=1S/C29H28N2O2/c32-29(28(23-9-3-1-4-10-23)24-11-5-2-6-12-24)25-13-14-27-26(18-25)21-31(16-17-33-27)20-22-8-7-15-30-19-22/h1-15,18-19,28-29,32H,16-17,20-21H2/t29-/m1/s1. The van der Waals surface area contributed by atoms with Crippen LogP contribution in [0.3, 0.4) is 0 Å². The highest BCUT2D eigenvalue weighted by molar-refractivity contribution is 5.42. The molecular formula is C29H28N2O2. The fourth-order valence-electron chi connectivity index (χ4n) is 4.61. The van der Waals surface area contributed by atoms with Crippen molar-refractivity contribution in [2.24, 2.45) is 0 Å². The summed E-state index contributed by atoms with van der Waals surface area (Å²) in [5.41, 5.74) is 5.39. The molecule has 0 fully saturated rings. The van der Waals surface area contributed by atoms with Gasteiger partial charge in [0.1, 0.15) is 12.4 Å². The molecule has 1 aromatic heterocycles. The molecule has 5 rings (SSSR count). The summed E-state index contributed by atoms with van der Waals surface area (Å²) in [6, 6.07) is 30.7. The molecule has 0 unspecified atom stereocenters. The van der Waals surface area contributed by atoms with E-state index in [2.05, 4.69) is 46.3 Å². The van der Waals surface area contributed by atoms with Crippen LogP contribution in [-0.4, -0.2) is 28.1 Å². The molecule has 0 radical (unpaired) electrons. The van der Waals surface area contributed by atoms with Crippen LogP contribution in [0.25, 0.3) is 0 Å². The summed E-state index contributed by atoms with van der Waals surface area (Å²) in [6.07, 6.45) is 3.04. The SMILES string of the molecule is O[C@H](c1ccc2c(c1)CN(Cc1cccnc1)CCO2)C(c1ccccc1)c1ccccc1. The highest BCUT2D eigenvalue weighted by Gasteiger charge is 2.26. The van der Waals surface area contributed by atoms with E-state index in [0.717, 1.165) is 47.6 Å². The minimum atomic E-state index is -0.671. The molecule has 1 N–H and O–H groups in total. The van der Waals surface area contributed by atoms with Gasteiger partial charge in [0.05, 0.1) is 6.10 Å². The summed E-state index contributed by atoms with van der Waals surface area (Å²) in [7, 11) is 0. The van der Waals surface area contributed by atoms with Gasteiger partial charge in [-0.1, -0.05) is 72.8 Å². The molecule has 4 nitrogen and oxygen atoms in total. The van der Waals surface area contributed by atoms with E-state index in [-0.39, 0.29) is 5.92 Å². The molecule has 166 valence electrons. The molecule has 33 heavy (non-hydrogen) atoms. The van der Waals surface area contributed by atoms with Crippen LogP contribution in [0, 0.1) is 0 Å². The lowest BCUT2D eigenvalue weighted by Gasteiger charge is -2.25. The fraction of sp³-hybridized carbons (Fsp3) is 0.207. The van der Waals surface area contributed by atoms with Gasteiger partial charge in [-0.2, -0.15) is 0 Å². The van der Waals surface area contributed by atoms with E-state index in [1.807, 2.05) is 60.8 Å². The van der Waals surface area contributed by atoms with E-state index in [1.54, 1.807) is 6.20 Å². The van der Waals surface area contributed by atoms with Crippen molar-refractivity contribution in [1.29, 1.82) is 0 Å². The van der Waals surface area contributed by atoms with E-state index < -0.39 is 6.10 Å². The van der Waals surface area contributed by atoms with Crippen molar-refractivity contribution in [2.45, 2.75) is 25.1 Å². The van der Waals surface area contributed by atoms with Gasteiger partial charge in [-0.15, -0.1) is 0 Å². The first-order valence-electron chi connectivity index (χ1n) is 11.4. The second-order valence-corrected chi connectivity index (χ2v) is 8.53. The zero-order valence-electron chi connectivity index (χ0n) is 18.5. The molecule has 0 bridgehead atoms. The number of fused-ring (bicyclic) bond motifs is 1. The highest BCUT2D eigenvalue weighted by Crippen LogP contribution is 2.38. The first-order valence-corrected chi connectivity index (χ1v) is 11.4. The van der Waals surface area contributed by atoms with Gasteiger partial charge in [-0.3, -0.25) is 9.88 Å². The quantitative estimate of drug-likeness (QED) is 0.443. The van der Waals surface area contributed by atoms with Gasteiger partial charge in [0.25, 0.3) is 0 Å². The first kappa shape index (κ1) is 21.4. The summed E-state index contributed by atoms with van der Waals surface area (Å²) in [6.45, 7) is 3.08. The predicted molar refractivity (Wildman–Crippen MR) is 130 cm³/mol. The van der Waals surface area contributed by atoms with Gasteiger partial charge < -0.3 is 9.84 Å². The molecule has 0 amide bonds. The summed E-state index contributed by atoms with van der Waals surface area (Å²) in [5.74, 6) is 0.749. The molecule has 0 saturated carbocycles. The molecule has 0 saturated heterocycles. The van der Waals surface area contributed by atoms with Crippen LogP contribution in [-0.2, 0) is 13.1 Å². The third kappa shape index (κ3) is 4.98. The lowest BCUT2D eigenvalue weighted by atomic mass is 9.83. The van der Waals surface area contributed by atoms with Crippen molar-refractivity contribution in [1.82, 2.24) is 9.88 Å². The van der Waals surface area contributed by atoms with Gasteiger partial charge in [0, 0.05) is 43.5 Å². The van der Waals surface area contributed by atoms with Crippen molar-refractivity contribution in [3.63, 3.8) is 0 Å². The number of benzene rings is 3. The topological polar surface area (TPSA) is 45.6 Å². The molecule has 0 aliphatic carbocycles. The van der Waals surface area contributed by atoms with Crippen LogP contribution in [0.2, 0.25) is 0 Å². The number of rotatable bonds is 6. The third-order valence-corrected chi connectivity index (χ3v) is 6.25. The second-order valence-electron chi connectivity index (χ2n) is 8.53. The van der Waals surface area contributed by atoms with Crippen LogP contribution in [0.15, 0.2) is 103 Å². The molecule has 1 aliphatic heterocycles. The van der Waals surface area contributed by atoms with E-state index in [9.17, 15) is 5.11 Å². The Morgan fingerprint density at radius 1 is 0.848 bits per heavy atom. The van der Waals surface area contributed by atoms with Crippen molar-refractivity contribution >= 4 is 0 Å². The van der Waals surface area contributed by atoms with Gasteiger partial charge in [0.2, 0.25) is 0 Å². The summed E-state index contributed by atoms with van der Waals surface area (Å²) in [4.78, 5) is 6.61. The largest absolute Gasteiger partial charge is 0.492 e. The van der Waals surface area contributed by atoms with Crippen molar-refractivity contribution in [2.75, 3.05) is 13.2 Å². The number of hydrogen-bond acceptors (Lipinski definition) is 4. The van der Waals surface area contributed by atoms with E-state index >= 15 is 0 Å². The Balaban J connectivity index is 1.44. The van der Waals surface area contributed by atoms with Crippen molar-refractivity contribution in [3.05, 3.63) is 131 Å². The average molecular weight is 437 g/mol. The number of hydrogen-bond donors (Lipinski definition) is 1. The van der Waals surface area contributed by atoms with Crippen molar-refractivity contribution in [3.8, 4) is 5.75 Å². The first-order chi connectivity index (χ1) is 16.3. The summed E-state index contributed by atoms with van der Waals surface area (Å²) < 4.78 is 6.04. The molecule has 1 atom stereocenters. The maximum absolute atomic E-state index is 11.6. The normalized spacial score (nSPS) is 14.8. The Kier molecular flexibility index (Phi) is 6.47. The number of aliphatic hydroxyl groups is 1. The Morgan fingerprint density at radius 2 is 1.58 bits per heavy atom. The van der Waals surface area contributed by atoms with Gasteiger partial charge in [0.15, 0.2) is 0 Å². The van der Waals surface area contributed by atoms with E-state index in [0.29, 0.717) is 6.61 Å². The summed E-state index contributed by atoms with van der Waals surface area (Å²) >= 11 is 0. The molecule has 3 aromatic carbocycles. The molecule has 1 aliphatic rings. The van der Waals surface area contributed by atoms with Crippen LogP contribution in [0.4, 0.5) is 0 Å². The average Bonchev–Trinajstić information content (AvgIpc) is 3.07. The molecule has 4 heteroatoms. The Labute approximate surface area is 195 Å². The second kappa shape index (κ2) is 9.99. The number of ether oxygens (including phenoxy) is 1. The molecule has 0 spiro atoms. The number of pyridine rings is 1. The Hall–Kier alpha value is -3.47. The van der Waals surface area contributed by atoms with E-state index in [1.165, 1.54) is 5.56 Å². The number of aliphatic hydroxyl groups excluding tert-OH is 1. The smallest absolute Gasteiger partial charge is 0.123 e. The Morgan fingerprint density at radius 3 is 2.24 bits per heavy atom. The maximum Gasteiger partial charge on any atom is 0.123 e. The zero-order chi connectivity index (χ0) is 22.5. The monoisotopic (exact) mass is 436 g/mol. The van der Waals surface area contributed by atoms with Crippen LogP contribution < -0.4 is 4.74 Å². The van der Waals surface area contributed by atoms with E-state index in [4.69, 9.17) is 4.74 Å². The highest BCUT2D eigenvalue weighted by atomic mass is 16.5. The fourth-order valence-corrected chi connectivity index (χ4v) is 4.61. The number of aromatic nitrogens is 1. The third-order valence-electron chi connectivity index (χ3n) is 6.25. The number of nitrogens with zero attached hydrogens (tertiary/aromatic N) is 2. The molecular weight excluding hydrogens is 408 g/mol. The lowest BCUT2D eigenvalue weighted by molar-refractivity contribution is 0.159. The van der Waals surface area contributed by atoms with Crippen LogP contribution in [0.5, 0.6) is 5.75 Å².